The average Bonchev–Trinajstić information content (AvgIpc) is 2.16. The average molecular weight is 138 g/mol. The van der Waals surface area contributed by atoms with Crippen molar-refractivity contribution in [3.05, 3.63) is 0 Å². The minimum absolute atomic E-state index is 0.674. The molecule has 0 saturated heterocycles. The lowest BCUT2D eigenvalue weighted by Crippen LogP contribution is -2.22. The van der Waals surface area contributed by atoms with Crippen molar-refractivity contribution in [2.45, 2.75) is 46.5 Å². The van der Waals surface area contributed by atoms with Crippen LogP contribution in [0.5, 0.6) is 0 Å². The van der Waals surface area contributed by atoms with E-state index in [1.54, 1.807) is 0 Å². The lowest BCUT2D eigenvalue weighted by molar-refractivity contribution is 0.182. The Morgan fingerprint density at radius 3 is 2.10 bits per heavy atom. The highest BCUT2D eigenvalue weighted by atomic mass is 14.6. The maximum Gasteiger partial charge on any atom is -0.0318 e. The van der Waals surface area contributed by atoms with Crippen LogP contribution in [-0.2, 0) is 0 Å². The zero-order valence-corrected chi connectivity index (χ0v) is 7.41. The fraction of sp³-hybridized carbons (Fsp3) is 1.00. The van der Waals surface area contributed by atoms with Crippen LogP contribution in [0.3, 0.4) is 0 Å². The molecule has 2 aliphatic rings. The van der Waals surface area contributed by atoms with Gasteiger partial charge in [-0.05, 0) is 42.4 Å². The van der Waals surface area contributed by atoms with E-state index in [0.29, 0.717) is 5.41 Å². The molecule has 2 unspecified atom stereocenters. The van der Waals surface area contributed by atoms with Gasteiger partial charge >= 0.3 is 0 Å². The third-order valence-electron chi connectivity index (χ3n) is 3.82. The van der Waals surface area contributed by atoms with Crippen molar-refractivity contribution in [1.82, 2.24) is 0 Å². The predicted molar refractivity (Wildman–Crippen MR) is 43.8 cm³/mol. The van der Waals surface area contributed by atoms with Crippen LogP contribution < -0.4 is 0 Å². The maximum absolute atomic E-state index is 2.47. The van der Waals surface area contributed by atoms with Crippen LogP contribution >= 0.6 is 0 Å². The van der Waals surface area contributed by atoms with E-state index < -0.39 is 0 Å². The number of fused-ring (bicyclic) bond motifs is 2. The van der Waals surface area contributed by atoms with E-state index in [1.165, 1.54) is 25.7 Å². The van der Waals surface area contributed by atoms with Crippen LogP contribution in [0.4, 0.5) is 0 Å². The van der Waals surface area contributed by atoms with Crippen molar-refractivity contribution in [2.24, 2.45) is 16.7 Å². The van der Waals surface area contributed by atoms with Gasteiger partial charge in [0.15, 0.2) is 0 Å². The Morgan fingerprint density at radius 1 is 1.20 bits per heavy atom. The van der Waals surface area contributed by atoms with Crippen molar-refractivity contribution in [3.63, 3.8) is 0 Å². The molecule has 0 N–H and O–H groups in total. The molecule has 0 heterocycles. The molecule has 0 radical (unpaired) electrons. The van der Waals surface area contributed by atoms with Gasteiger partial charge in [-0.3, -0.25) is 0 Å². The van der Waals surface area contributed by atoms with Crippen molar-refractivity contribution < 1.29 is 0 Å². The SMILES string of the molecule is CC12CCC(C1)C(C)(C)C2. The van der Waals surface area contributed by atoms with E-state index in [4.69, 9.17) is 0 Å². The monoisotopic (exact) mass is 138 g/mol. The molecule has 0 aliphatic heterocycles. The van der Waals surface area contributed by atoms with E-state index in [-0.39, 0.29) is 0 Å². The smallest absolute Gasteiger partial charge is 0.0318 e. The Labute approximate surface area is 64.0 Å². The summed E-state index contributed by atoms with van der Waals surface area (Å²) in [5.41, 5.74) is 1.42. The molecule has 10 heavy (non-hydrogen) atoms. The van der Waals surface area contributed by atoms with Crippen molar-refractivity contribution in [1.29, 1.82) is 0 Å². The van der Waals surface area contributed by atoms with Gasteiger partial charge in [0.2, 0.25) is 0 Å². The van der Waals surface area contributed by atoms with Crippen LogP contribution in [0, 0.1) is 16.7 Å². The summed E-state index contributed by atoms with van der Waals surface area (Å²) in [5.74, 6) is 1.05. The molecule has 58 valence electrons. The summed E-state index contributed by atoms with van der Waals surface area (Å²) >= 11 is 0. The van der Waals surface area contributed by atoms with Gasteiger partial charge in [-0.25, -0.2) is 0 Å². The first-order valence-corrected chi connectivity index (χ1v) is 4.52. The van der Waals surface area contributed by atoms with E-state index in [9.17, 15) is 0 Å². The third-order valence-corrected chi connectivity index (χ3v) is 3.82. The summed E-state index contributed by atoms with van der Waals surface area (Å²) in [4.78, 5) is 0. The van der Waals surface area contributed by atoms with Crippen molar-refractivity contribution in [3.8, 4) is 0 Å². The molecule has 2 atom stereocenters. The molecule has 2 rings (SSSR count). The van der Waals surface area contributed by atoms with Crippen molar-refractivity contribution >= 4 is 0 Å². The standard InChI is InChI=1S/C10H18/c1-9(2)7-10(3)5-4-8(9)6-10/h8H,4-7H2,1-3H3. The Bertz CT molecular complexity index is 155. The number of rotatable bonds is 0. The van der Waals surface area contributed by atoms with Crippen molar-refractivity contribution in [2.75, 3.05) is 0 Å². The molecule has 0 spiro atoms. The molecule has 0 nitrogen and oxygen atoms in total. The Balaban J connectivity index is 2.25. The van der Waals surface area contributed by atoms with Gasteiger partial charge in [0.25, 0.3) is 0 Å². The lowest BCUT2D eigenvalue weighted by atomic mass is 9.73. The van der Waals surface area contributed by atoms with Crippen LogP contribution in [0.2, 0.25) is 0 Å². The molecule has 0 aromatic heterocycles. The van der Waals surface area contributed by atoms with E-state index >= 15 is 0 Å². The van der Waals surface area contributed by atoms with E-state index in [1.807, 2.05) is 0 Å². The van der Waals surface area contributed by atoms with Crippen LogP contribution in [-0.4, -0.2) is 0 Å². The molecule has 0 aromatic carbocycles. The number of hydrogen-bond acceptors (Lipinski definition) is 0. The summed E-state index contributed by atoms with van der Waals surface area (Å²) in [6, 6.07) is 0. The van der Waals surface area contributed by atoms with Crippen LogP contribution in [0.25, 0.3) is 0 Å². The highest BCUT2D eigenvalue weighted by Gasteiger charge is 2.51. The molecule has 2 aliphatic carbocycles. The van der Waals surface area contributed by atoms with Gasteiger partial charge in [0.05, 0.1) is 0 Å². The lowest BCUT2D eigenvalue weighted by Gasteiger charge is -2.32. The van der Waals surface area contributed by atoms with Gasteiger partial charge < -0.3 is 0 Å². The topological polar surface area (TPSA) is 0 Å². The maximum atomic E-state index is 2.47. The minimum Gasteiger partial charge on any atom is -0.0596 e. The van der Waals surface area contributed by atoms with Gasteiger partial charge in [-0.1, -0.05) is 20.8 Å². The molecule has 0 amide bonds. The summed E-state index contributed by atoms with van der Waals surface area (Å²) in [6.45, 7) is 7.37. The summed E-state index contributed by atoms with van der Waals surface area (Å²) in [6.07, 6.45) is 6.00. The summed E-state index contributed by atoms with van der Waals surface area (Å²) in [7, 11) is 0. The Kier molecular flexibility index (Phi) is 1.07. The molecule has 2 saturated carbocycles. The normalized spacial score (nSPS) is 50.1. The van der Waals surface area contributed by atoms with Crippen LogP contribution in [0.15, 0.2) is 0 Å². The van der Waals surface area contributed by atoms with E-state index in [0.717, 1.165) is 11.3 Å². The Hall–Kier alpha value is 0. The third kappa shape index (κ3) is 0.741. The molecule has 0 heteroatoms. The van der Waals surface area contributed by atoms with E-state index in [2.05, 4.69) is 20.8 Å². The first-order valence-electron chi connectivity index (χ1n) is 4.52. The molecule has 2 bridgehead atoms. The van der Waals surface area contributed by atoms with Crippen LogP contribution in [0.1, 0.15) is 46.5 Å². The van der Waals surface area contributed by atoms with Gasteiger partial charge in [0.1, 0.15) is 0 Å². The molecule has 0 aromatic rings. The second-order valence-electron chi connectivity index (χ2n) is 5.42. The molecule has 2 fully saturated rings. The zero-order valence-electron chi connectivity index (χ0n) is 7.41. The highest BCUT2D eigenvalue weighted by molar-refractivity contribution is 5.01. The first-order chi connectivity index (χ1) is 4.52. The predicted octanol–water partition coefficient (Wildman–Crippen LogP) is 3.22. The first kappa shape index (κ1) is 6.69. The highest BCUT2D eigenvalue weighted by Crippen LogP contribution is 2.62. The summed E-state index contributed by atoms with van der Waals surface area (Å²) < 4.78 is 0. The zero-order chi connectivity index (χ0) is 7.41. The molecular weight excluding hydrogens is 120 g/mol. The van der Waals surface area contributed by atoms with Gasteiger partial charge in [0, 0.05) is 0 Å². The second-order valence-corrected chi connectivity index (χ2v) is 5.42. The Morgan fingerprint density at radius 2 is 1.90 bits per heavy atom. The minimum atomic E-state index is 0.674. The fourth-order valence-corrected chi connectivity index (χ4v) is 3.39. The fourth-order valence-electron chi connectivity index (χ4n) is 3.39. The van der Waals surface area contributed by atoms with Gasteiger partial charge in [-0.2, -0.15) is 0 Å². The number of hydrogen-bond donors (Lipinski definition) is 0. The summed E-state index contributed by atoms with van der Waals surface area (Å²) in [5, 5.41) is 0. The largest absolute Gasteiger partial charge is 0.0596 e. The second kappa shape index (κ2) is 1.60. The van der Waals surface area contributed by atoms with Gasteiger partial charge in [-0.15, -0.1) is 0 Å². The quantitative estimate of drug-likeness (QED) is 0.482. The molecular formula is C10H18.